The number of hydrogen-bond acceptors (Lipinski definition) is 2. The third-order valence-electron chi connectivity index (χ3n) is 8.55. The summed E-state index contributed by atoms with van der Waals surface area (Å²) in [6.07, 6.45) is 13.3. The van der Waals surface area contributed by atoms with E-state index in [1.807, 2.05) is 33.8 Å². The van der Waals surface area contributed by atoms with Crippen molar-refractivity contribution in [3.8, 4) is 0 Å². The zero-order chi connectivity index (χ0) is 30.3. The Morgan fingerprint density at radius 2 is 1.02 bits per heavy atom. The molecular weight excluding hydrogens is 594 g/mol. The van der Waals surface area contributed by atoms with Crippen molar-refractivity contribution in [1.29, 1.82) is 0 Å². The predicted molar refractivity (Wildman–Crippen MR) is 166 cm³/mol. The van der Waals surface area contributed by atoms with Crippen molar-refractivity contribution >= 4 is 48.4 Å². The first-order valence-electron chi connectivity index (χ1n) is 14.3. The number of rotatable bonds is 6. The maximum Gasteiger partial charge on any atom is 0.303 e. The number of aromatic amines is 4. The standard InChI is InChI=1S/C34H38N4O4.Zn/c1-7-21-17(3)25-13-26-19(5)23(9-11-33(39)40)31(37-26)16-32-24(10-12-34(41)42)20(6)28(38-32)15-30-22(8-2)18(4)27(36-30)14-29(21)35-25;/h7-8,13-16,35-38H,9-12H2,1-6H3,(H,39,40)(H,41,42);/b21-7+,22-8+,26-13-,29-14-,30-15-,31-16-;. The van der Waals surface area contributed by atoms with Gasteiger partial charge in [-0.25, -0.2) is 0 Å². The van der Waals surface area contributed by atoms with Gasteiger partial charge in [0.15, 0.2) is 0 Å². The number of aromatic nitrogens is 4. The fraction of sp³-hybridized carbons (Fsp3) is 0.294. The van der Waals surface area contributed by atoms with Gasteiger partial charge < -0.3 is 30.1 Å². The fourth-order valence-electron chi connectivity index (χ4n) is 6.15. The van der Waals surface area contributed by atoms with Crippen LogP contribution in [0.4, 0.5) is 0 Å². The smallest absolute Gasteiger partial charge is 0.303 e. The first-order chi connectivity index (χ1) is 20.0. The molecule has 8 nitrogen and oxygen atoms in total. The SMILES string of the molecule is C/C=c1\c(C)c2[nH]\c1=C/c1[nH]c(c(CCC(=O)O)c1C)/C=c1\[nH]/c(c(C)c1CCC(=O)O)=C\c1[nH]c(/c(=C/C)c1C)=C\2.[Zn]. The Morgan fingerprint density at radius 1 is 0.581 bits per heavy atom. The Bertz CT molecular complexity index is 2120. The van der Waals surface area contributed by atoms with Crippen LogP contribution in [0.5, 0.6) is 0 Å². The molecule has 1 aliphatic heterocycles. The van der Waals surface area contributed by atoms with Crippen LogP contribution in [0.3, 0.4) is 0 Å². The summed E-state index contributed by atoms with van der Waals surface area (Å²) in [4.78, 5) is 37.4. The second-order valence-electron chi connectivity index (χ2n) is 11.0. The van der Waals surface area contributed by atoms with Crippen LogP contribution < -0.4 is 31.8 Å². The van der Waals surface area contributed by atoms with Gasteiger partial charge in [0.2, 0.25) is 0 Å². The minimum Gasteiger partial charge on any atom is -0.481 e. The van der Waals surface area contributed by atoms with Gasteiger partial charge in [-0.3, -0.25) is 9.59 Å². The summed E-state index contributed by atoms with van der Waals surface area (Å²) in [6, 6.07) is 0. The molecule has 0 saturated carbocycles. The van der Waals surface area contributed by atoms with E-state index in [0.717, 1.165) is 88.0 Å². The van der Waals surface area contributed by atoms with Crippen LogP contribution >= 0.6 is 0 Å². The third kappa shape index (κ3) is 6.05. The Morgan fingerprint density at radius 3 is 1.51 bits per heavy atom. The molecule has 4 aromatic rings. The van der Waals surface area contributed by atoms with Crippen molar-refractivity contribution in [1.82, 2.24) is 19.9 Å². The van der Waals surface area contributed by atoms with E-state index in [9.17, 15) is 19.8 Å². The average Bonchev–Trinajstić information content (AvgIpc) is 3.59. The summed E-state index contributed by atoms with van der Waals surface area (Å²) < 4.78 is 0. The van der Waals surface area contributed by atoms with Gasteiger partial charge in [-0.2, -0.15) is 0 Å². The number of carboxylic acid groups (broad SMARTS) is 2. The number of H-pyrrole nitrogens is 4. The molecule has 0 unspecified atom stereocenters. The molecule has 9 heteroatoms. The van der Waals surface area contributed by atoms with Gasteiger partial charge in [-0.1, -0.05) is 12.2 Å². The molecule has 1 aliphatic rings. The number of carbonyl (C=O) groups is 2. The molecule has 4 aromatic heterocycles. The molecule has 6 N–H and O–H groups in total. The van der Waals surface area contributed by atoms with Crippen LogP contribution in [0.25, 0.3) is 36.5 Å². The van der Waals surface area contributed by atoms with E-state index < -0.39 is 11.9 Å². The van der Waals surface area contributed by atoms with Crippen molar-refractivity contribution < 1.29 is 39.3 Å². The zero-order valence-corrected chi connectivity index (χ0v) is 28.7. The topological polar surface area (TPSA) is 138 Å². The molecule has 5 heterocycles. The first-order valence-corrected chi connectivity index (χ1v) is 14.3. The molecule has 220 valence electrons. The molecular formula is C34H38N4O4Zn. The Hall–Kier alpha value is -4.10. The summed E-state index contributed by atoms with van der Waals surface area (Å²) in [5.74, 6) is -1.71. The second-order valence-corrected chi connectivity index (χ2v) is 11.0. The van der Waals surface area contributed by atoms with Gasteiger partial charge in [-0.05, 0) is 123 Å². The van der Waals surface area contributed by atoms with Gasteiger partial charge in [0.25, 0.3) is 0 Å². The number of carboxylic acids is 2. The van der Waals surface area contributed by atoms with Crippen molar-refractivity contribution in [2.24, 2.45) is 0 Å². The van der Waals surface area contributed by atoms with E-state index in [1.165, 1.54) is 0 Å². The van der Waals surface area contributed by atoms with Gasteiger partial charge in [0.05, 0.1) is 0 Å². The monoisotopic (exact) mass is 630 g/mol. The molecule has 43 heavy (non-hydrogen) atoms. The summed E-state index contributed by atoms with van der Waals surface area (Å²) in [6.45, 7) is 12.3. The maximum absolute atomic E-state index is 11.5. The maximum atomic E-state index is 11.5. The number of nitrogens with one attached hydrogen (secondary N) is 4. The van der Waals surface area contributed by atoms with Crippen LogP contribution in [-0.4, -0.2) is 42.1 Å². The second kappa shape index (κ2) is 12.6. The zero-order valence-electron chi connectivity index (χ0n) is 25.7. The van der Waals surface area contributed by atoms with Crippen LogP contribution in [0.1, 0.15) is 82.8 Å². The normalized spacial score (nSPS) is 16.2. The van der Waals surface area contributed by atoms with Crippen molar-refractivity contribution in [2.75, 3.05) is 0 Å². The van der Waals surface area contributed by atoms with Gasteiger partial charge >= 0.3 is 11.9 Å². The molecule has 0 fully saturated rings. The quantitative estimate of drug-likeness (QED) is 0.158. The van der Waals surface area contributed by atoms with Crippen LogP contribution in [0.2, 0.25) is 0 Å². The predicted octanol–water partition coefficient (Wildman–Crippen LogP) is 1.49. The van der Waals surface area contributed by atoms with E-state index in [-0.39, 0.29) is 32.3 Å². The molecule has 0 spiro atoms. The molecule has 0 aliphatic carbocycles. The number of fused-ring (bicyclic) bond motifs is 8. The van der Waals surface area contributed by atoms with Crippen LogP contribution in [-0.2, 0) is 41.9 Å². The van der Waals surface area contributed by atoms with Gasteiger partial charge in [0, 0.05) is 76.5 Å². The molecule has 0 radical (unpaired) electrons. The van der Waals surface area contributed by atoms with Crippen molar-refractivity contribution in [3.63, 3.8) is 0 Å². The average molecular weight is 632 g/mol. The van der Waals surface area contributed by atoms with Crippen molar-refractivity contribution in [2.45, 2.75) is 67.2 Å². The molecule has 0 amide bonds. The minimum absolute atomic E-state index is 0. The van der Waals surface area contributed by atoms with Gasteiger partial charge in [0.1, 0.15) is 0 Å². The van der Waals surface area contributed by atoms with E-state index in [0.29, 0.717) is 12.8 Å². The first kappa shape index (κ1) is 31.8. The Labute approximate surface area is 262 Å². The molecule has 8 bridgehead atoms. The Kier molecular flexibility index (Phi) is 9.36. The van der Waals surface area contributed by atoms with Crippen LogP contribution in [0.15, 0.2) is 0 Å². The molecule has 5 rings (SSSR count). The van der Waals surface area contributed by atoms with Gasteiger partial charge in [-0.15, -0.1) is 0 Å². The van der Waals surface area contributed by atoms with E-state index in [2.05, 4.69) is 64.2 Å². The van der Waals surface area contributed by atoms with E-state index >= 15 is 0 Å². The van der Waals surface area contributed by atoms with E-state index in [1.54, 1.807) is 0 Å². The van der Waals surface area contributed by atoms with Crippen molar-refractivity contribution in [3.05, 3.63) is 88.0 Å². The summed E-state index contributed by atoms with van der Waals surface area (Å²) >= 11 is 0. The molecule has 0 saturated heterocycles. The molecule has 0 aromatic carbocycles. The number of aliphatic carboxylic acids is 2. The third-order valence-corrected chi connectivity index (χ3v) is 8.55. The fourth-order valence-corrected chi connectivity index (χ4v) is 6.15. The summed E-state index contributed by atoms with van der Waals surface area (Å²) in [5.41, 5.74) is 9.79. The number of hydrogen-bond donors (Lipinski definition) is 6. The summed E-state index contributed by atoms with van der Waals surface area (Å²) in [5, 5.41) is 24.9. The minimum atomic E-state index is -0.854. The Balaban J connectivity index is 0.00000423. The summed E-state index contributed by atoms with van der Waals surface area (Å²) in [7, 11) is 0. The largest absolute Gasteiger partial charge is 0.481 e. The van der Waals surface area contributed by atoms with Crippen LogP contribution in [0, 0.1) is 27.7 Å². The van der Waals surface area contributed by atoms with E-state index in [4.69, 9.17) is 0 Å². The molecule has 0 atom stereocenters.